The number of rotatable bonds is 3. The lowest BCUT2D eigenvalue weighted by Gasteiger charge is -2.39. The van der Waals surface area contributed by atoms with E-state index in [1.54, 1.807) is 0 Å². The Morgan fingerprint density at radius 2 is 1.90 bits per heavy atom. The Morgan fingerprint density at radius 1 is 1.06 bits per heavy atom. The summed E-state index contributed by atoms with van der Waals surface area (Å²) in [5.41, 5.74) is 4.69. The van der Waals surface area contributed by atoms with Crippen LogP contribution in [-0.2, 0) is 23.1 Å². The second kappa shape index (κ2) is 7.50. The third-order valence-corrected chi connectivity index (χ3v) is 7.56. The largest absolute Gasteiger partial charge is 0.378 e. The van der Waals surface area contributed by atoms with E-state index in [1.807, 2.05) is 6.20 Å². The maximum Gasteiger partial charge on any atom is 0.255 e. The van der Waals surface area contributed by atoms with Crippen LogP contribution in [0.2, 0.25) is 0 Å². The molecular weight excluding hydrogens is 390 g/mol. The molecule has 3 aliphatic rings. The van der Waals surface area contributed by atoms with Gasteiger partial charge in [0.25, 0.3) is 5.56 Å². The van der Waals surface area contributed by atoms with Crippen molar-refractivity contribution in [2.24, 2.45) is 0 Å². The molecule has 0 saturated carbocycles. The number of aromatic nitrogens is 3. The van der Waals surface area contributed by atoms with E-state index < -0.39 is 0 Å². The fraction of sp³-hybridized carbons (Fsp3) is 0.500. The molecule has 7 heteroatoms. The van der Waals surface area contributed by atoms with Crippen LogP contribution in [0, 0.1) is 0 Å². The number of ether oxygens (including phenoxy) is 1. The van der Waals surface area contributed by atoms with Crippen LogP contribution in [0.15, 0.2) is 35.3 Å². The SMILES string of the molecule is O=c1[nH]c(N2CCOCC2)nc2c1CCC21CCN(Cc2cccc3[nH]ccc23)CC1. The third kappa shape index (κ3) is 3.27. The zero-order chi connectivity index (χ0) is 20.8. The Bertz CT molecular complexity index is 1150. The fourth-order valence-corrected chi connectivity index (χ4v) is 5.72. The van der Waals surface area contributed by atoms with Gasteiger partial charge in [-0.15, -0.1) is 0 Å². The molecule has 2 N–H and O–H groups in total. The molecular formula is C24H29N5O2. The van der Waals surface area contributed by atoms with E-state index in [-0.39, 0.29) is 11.0 Å². The number of hydrogen-bond donors (Lipinski definition) is 2. The Balaban J connectivity index is 1.22. The Hall–Kier alpha value is -2.64. The summed E-state index contributed by atoms with van der Waals surface area (Å²) >= 11 is 0. The Kier molecular flexibility index (Phi) is 4.61. The average Bonchev–Trinajstić information content (AvgIpc) is 3.43. The van der Waals surface area contributed by atoms with Gasteiger partial charge in [-0.25, -0.2) is 4.98 Å². The molecule has 1 aliphatic carbocycles. The third-order valence-electron chi connectivity index (χ3n) is 7.56. The first-order valence-electron chi connectivity index (χ1n) is 11.5. The molecule has 2 aromatic heterocycles. The maximum absolute atomic E-state index is 12.8. The minimum Gasteiger partial charge on any atom is -0.378 e. The Morgan fingerprint density at radius 3 is 2.74 bits per heavy atom. The first-order valence-corrected chi connectivity index (χ1v) is 11.5. The summed E-state index contributed by atoms with van der Waals surface area (Å²) in [4.78, 5) is 29.0. The smallest absolute Gasteiger partial charge is 0.255 e. The van der Waals surface area contributed by atoms with Gasteiger partial charge in [-0.05, 0) is 56.5 Å². The maximum atomic E-state index is 12.8. The summed E-state index contributed by atoms with van der Waals surface area (Å²) < 4.78 is 5.47. The summed E-state index contributed by atoms with van der Waals surface area (Å²) in [6.07, 6.45) is 6.06. The lowest BCUT2D eigenvalue weighted by atomic mass is 9.76. The summed E-state index contributed by atoms with van der Waals surface area (Å²) in [5.74, 6) is 0.731. The van der Waals surface area contributed by atoms with Gasteiger partial charge in [0.2, 0.25) is 5.95 Å². The monoisotopic (exact) mass is 419 g/mol. The topological polar surface area (TPSA) is 77.2 Å². The minimum atomic E-state index is 0.0568. The van der Waals surface area contributed by atoms with E-state index in [4.69, 9.17) is 9.72 Å². The van der Waals surface area contributed by atoms with Crippen molar-refractivity contribution in [1.29, 1.82) is 0 Å². The molecule has 1 aromatic carbocycles. The number of fused-ring (bicyclic) bond motifs is 3. The van der Waals surface area contributed by atoms with Crippen molar-refractivity contribution in [1.82, 2.24) is 19.9 Å². The number of morpholine rings is 1. The molecule has 2 aliphatic heterocycles. The molecule has 0 unspecified atom stereocenters. The van der Waals surface area contributed by atoms with Crippen molar-refractivity contribution in [3.63, 3.8) is 0 Å². The van der Waals surface area contributed by atoms with Gasteiger partial charge < -0.3 is 14.6 Å². The molecule has 4 heterocycles. The van der Waals surface area contributed by atoms with Gasteiger partial charge in [-0.1, -0.05) is 12.1 Å². The molecule has 1 spiro atoms. The highest BCUT2D eigenvalue weighted by Crippen LogP contribution is 2.44. The predicted octanol–water partition coefficient (Wildman–Crippen LogP) is 2.57. The number of anilines is 1. The highest BCUT2D eigenvalue weighted by atomic mass is 16.5. The molecule has 0 amide bonds. The van der Waals surface area contributed by atoms with Crippen LogP contribution >= 0.6 is 0 Å². The van der Waals surface area contributed by atoms with Gasteiger partial charge in [0.15, 0.2) is 0 Å². The van der Waals surface area contributed by atoms with E-state index in [1.165, 1.54) is 16.5 Å². The quantitative estimate of drug-likeness (QED) is 0.682. The highest BCUT2D eigenvalue weighted by Gasteiger charge is 2.44. The van der Waals surface area contributed by atoms with E-state index in [9.17, 15) is 4.79 Å². The molecule has 6 rings (SSSR count). The predicted molar refractivity (Wildman–Crippen MR) is 121 cm³/mol. The van der Waals surface area contributed by atoms with Crippen molar-refractivity contribution < 1.29 is 4.74 Å². The van der Waals surface area contributed by atoms with Crippen LogP contribution in [0.4, 0.5) is 5.95 Å². The van der Waals surface area contributed by atoms with E-state index >= 15 is 0 Å². The normalized spacial score (nSPS) is 21.1. The fourth-order valence-electron chi connectivity index (χ4n) is 5.72. The molecule has 162 valence electrons. The Labute approximate surface area is 181 Å². The average molecular weight is 420 g/mol. The van der Waals surface area contributed by atoms with Crippen molar-refractivity contribution in [3.8, 4) is 0 Å². The molecule has 3 aromatic rings. The van der Waals surface area contributed by atoms with Gasteiger partial charge in [-0.3, -0.25) is 14.7 Å². The number of nitrogens with one attached hydrogen (secondary N) is 2. The molecule has 0 atom stereocenters. The lowest BCUT2D eigenvalue weighted by molar-refractivity contribution is 0.122. The minimum absolute atomic E-state index is 0.0568. The van der Waals surface area contributed by atoms with Crippen molar-refractivity contribution >= 4 is 16.9 Å². The van der Waals surface area contributed by atoms with Gasteiger partial charge in [0.1, 0.15) is 0 Å². The second-order valence-corrected chi connectivity index (χ2v) is 9.23. The molecule has 2 fully saturated rings. The van der Waals surface area contributed by atoms with Crippen LogP contribution in [-0.4, -0.2) is 59.2 Å². The van der Waals surface area contributed by atoms with Crippen LogP contribution < -0.4 is 10.5 Å². The van der Waals surface area contributed by atoms with Gasteiger partial charge in [0, 0.05) is 47.7 Å². The summed E-state index contributed by atoms with van der Waals surface area (Å²) in [6, 6.07) is 8.68. The van der Waals surface area contributed by atoms with Crippen molar-refractivity contribution in [2.45, 2.75) is 37.6 Å². The van der Waals surface area contributed by atoms with Gasteiger partial charge in [-0.2, -0.15) is 0 Å². The lowest BCUT2D eigenvalue weighted by Crippen LogP contribution is -2.43. The van der Waals surface area contributed by atoms with Gasteiger partial charge in [0.05, 0.1) is 18.9 Å². The summed E-state index contributed by atoms with van der Waals surface area (Å²) in [6.45, 7) is 6.01. The summed E-state index contributed by atoms with van der Waals surface area (Å²) in [7, 11) is 0. The van der Waals surface area contributed by atoms with Crippen LogP contribution in [0.3, 0.4) is 0 Å². The van der Waals surface area contributed by atoms with Crippen LogP contribution in [0.5, 0.6) is 0 Å². The number of benzene rings is 1. The number of nitrogens with zero attached hydrogens (tertiary/aromatic N) is 3. The standard InChI is InChI=1S/C24H29N5O2/c30-22-19-4-6-24(21(19)26-23(27-22)29-12-14-31-15-13-29)7-10-28(11-8-24)16-17-2-1-3-20-18(17)5-9-25-20/h1-3,5,9,25H,4,6-8,10-16H2,(H,26,27,30). The molecule has 0 radical (unpaired) electrons. The molecule has 7 nitrogen and oxygen atoms in total. The van der Waals surface area contributed by atoms with E-state index in [0.717, 1.165) is 75.6 Å². The number of hydrogen-bond acceptors (Lipinski definition) is 5. The molecule has 2 saturated heterocycles. The first-order chi connectivity index (χ1) is 15.2. The van der Waals surface area contributed by atoms with Crippen molar-refractivity contribution in [2.75, 3.05) is 44.3 Å². The summed E-state index contributed by atoms with van der Waals surface area (Å²) in [5, 5.41) is 1.32. The van der Waals surface area contributed by atoms with Gasteiger partial charge >= 0.3 is 0 Å². The highest BCUT2D eigenvalue weighted by molar-refractivity contribution is 5.82. The van der Waals surface area contributed by atoms with Crippen LogP contribution in [0.1, 0.15) is 36.1 Å². The van der Waals surface area contributed by atoms with E-state index in [0.29, 0.717) is 13.2 Å². The first kappa shape index (κ1) is 19.1. The molecule has 31 heavy (non-hydrogen) atoms. The zero-order valence-electron chi connectivity index (χ0n) is 17.8. The van der Waals surface area contributed by atoms with E-state index in [2.05, 4.69) is 44.0 Å². The molecule has 0 bridgehead atoms. The second-order valence-electron chi connectivity index (χ2n) is 9.23. The zero-order valence-corrected chi connectivity index (χ0v) is 17.8. The van der Waals surface area contributed by atoms with Crippen LogP contribution in [0.25, 0.3) is 10.9 Å². The number of aromatic amines is 2. The number of piperidine rings is 1. The van der Waals surface area contributed by atoms with Crippen molar-refractivity contribution in [3.05, 3.63) is 57.6 Å². The number of likely N-dealkylation sites (tertiary alicyclic amines) is 1. The number of H-pyrrole nitrogens is 2.